The van der Waals surface area contributed by atoms with Crippen LogP contribution in [0.2, 0.25) is 0 Å². The molecule has 1 atom stereocenters. The number of carbonyl (C=O) groups is 1. The smallest absolute Gasteiger partial charge is 0.277 e. The van der Waals surface area contributed by atoms with Gasteiger partial charge >= 0.3 is 0 Å². The molecule has 0 spiro atoms. The number of hydrogen-bond acceptors (Lipinski definition) is 6. The highest BCUT2D eigenvalue weighted by atomic mass is 32.2. The molecule has 1 unspecified atom stereocenters. The summed E-state index contributed by atoms with van der Waals surface area (Å²) in [4.78, 5) is 12.7. The van der Waals surface area contributed by atoms with E-state index in [9.17, 15) is 4.79 Å². The van der Waals surface area contributed by atoms with E-state index in [1.165, 1.54) is 43.0 Å². The molecule has 1 amide bonds. The highest BCUT2D eigenvalue weighted by Crippen LogP contribution is 2.30. The molecule has 1 aliphatic rings. The largest absolute Gasteiger partial charge is 0.497 e. The van der Waals surface area contributed by atoms with E-state index in [2.05, 4.69) is 39.8 Å². The summed E-state index contributed by atoms with van der Waals surface area (Å²) < 4.78 is 10.9. The van der Waals surface area contributed by atoms with Gasteiger partial charge in [0.25, 0.3) is 5.22 Å². The molecule has 1 aromatic heterocycles. The zero-order valence-corrected chi connectivity index (χ0v) is 18.4. The van der Waals surface area contributed by atoms with E-state index in [0.29, 0.717) is 17.0 Å². The number of rotatable bonds is 9. The summed E-state index contributed by atoms with van der Waals surface area (Å²) in [6.45, 7) is 0. The van der Waals surface area contributed by atoms with Gasteiger partial charge in [-0.3, -0.25) is 4.79 Å². The Hall–Kier alpha value is -2.80. The summed E-state index contributed by atoms with van der Waals surface area (Å²) in [5.41, 5.74) is 2.07. The molecule has 0 aliphatic heterocycles. The van der Waals surface area contributed by atoms with Crippen molar-refractivity contribution in [3.05, 3.63) is 60.2 Å². The van der Waals surface area contributed by atoms with Gasteiger partial charge in [-0.15, -0.1) is 10.2 Å². The van der Waals surface area contributed by atoms with Crippen molar-refractivity contribution in [1.29, 1.82) is 0 Å². The molecule has 1 fully saturated rings. The third kappa shape index (κ3) is 5.88. The van der Waals surface area contributed by atoms with Crippen molar-refractivity contribution in [3.63, 3.8) is 0 Å². The third-order valence-electron chi connectivity index (χ3n) is 5.68. The van der Waals surface area contributed by atoms with Gasteiger partial charge in [0.1, 0.15) is 5.75 Å². The minimum absolute atomic E-state index is 0.00188. The summed E-state index contributed by atoms with van der Waals surface area (Å²) in [5, 5.41) is 11.8. The maximum absolute atomic E-state index is 12.7. The molecule has 31 heavy (non-hydrogen) atoms. The highest BCUT2D eigenvalue weighted by Gasteiger charge is 2.26. The fraction of sp³-hybridized carbons (Fsp3) is 0.375. The summed E-state index contributed by atoms with van der Waals surface area (Å²) in [5.74, 6) is 1.99. The van der Waals surface area contributed by atoms with Gasteiger partial charge in [0, 0.05) is 11.6 Å². The molecule has 0 radical (unpaired) electrons. The molecule has 1 heterocycles. The number of hydrogen-bond donors (Lipinski definition) is 1. The van der Waals surface area contributed by atoms with Crippen molar-refractivity contribution in [3.8, 4) is 17.2 Å². The molecule has 6 nitrogen and oxygen atoms in total. The second kappa shape index (κ2) is 10.5. The van der Waals surface area contributed by atoms with E-state index in [1.807, 2.05) is 30.3 Å². The molecule has 3 aromatic rings. The SMILES string of the molecule is COc1ccc(-c2nnc(SCC(=O)NC(Cc3ccccc3)C3CCCC3)o2)cc1. The average molecular weight is 438 g/mol. The van der Waals surface area contributed by atoms with Crippen LogP contribution in [0.5, 0.6) is 5.75 Å². The number of thioether (sulfide) groups is 1. The number of amides is 1. The van der Waals surface area contributed by atoms with Crippen LogP contribution >= 0.6 is 11.8 Å². The van der Waals surface area contributed by atoms with Crippen molar-refractivity contribution in [2.24, 2.45) is 5.92 Å². The molecule has 2 aromatic carbocycles. The number of ether oxygens (including phenoxy) is 1. The average Bonchev–Trinajstić information content (AvgIpc) is 3.51. The first-order chi connectivity index (χ1) is 15.2. The fourth-order valence-corrected chi connectivity index (χ4v) is 4.63. The van der Waals surface area contributed by atoms with Gasteiger partial charge in [-0.05, 0) is 55.0 Å². The van der Waals surface area contributed by atoms with E-state index in [0.717, 1.165) is 17.7 Å². The van der Waals surface area contributed by atoms with Crippen LogP contribution in [0.3, 0.4) is 0 Å². The minimum Gasteiger partial charge on any atom is -0.497 e. The predicted molar refractivity (Wildman–Crippen MR) is 121 cm³/mol. The Kier molecular flexibility index (Phi) is 7.25. The lowest BCUT2D eigenvalue weighted by atomic mass is 9.92. The number of carbonyl (C=O) groups excluding carboxylic acids is 1. The van der Waals surface area contributed by atoms with Crippen molar-refractivity contribution >= 4 is 17.7 Å². The Balaban J connectivity index is 1.33. The van der Waals surface area contributed by atoms with Gasteiger partial charge in [-0.25, -0.2) is 0 Å². The molecule has 1 aliphatic carbocycles. The van der Waals surface area contributed by atoms with Crippen molar-refractivity contribution < 1.29 is 13.9 Å². The number of nitrogens with one attached hydrogen (secondary N) is 1. The molecule has 0 bridgehead atoms. The van der Waals surface area contributed by atoms with Crippen molar-refractivity contribution in [1.82, 2.24) is 15.5 Å². The number of aromatic nitrogens is 2. The van der Waals surface area contributed by atoms with Gasteiger partial charge in [0.15, 0.2) is 0 Å². The first kappa shape index (κ1) is 21.4. The first-order valence-corrected chi connectivity index (χ1v) is 11.6. The molecule has 1 N–H and O–H groups in total. The second-order valence-corrected chi connectivity index (χ2v) is 8.73. The van der Waals surface area contributed by atoms with Crippen LogP contribution in [-0.4, -0.2) is 35.0 Å². The predicted octanol–water partition coefficient (Wildman–Crippen LogP) is 4.76. The van der Waals surface area contributed by atoms with Crippen LogP contribution in [-0.2, 0) is 11.2 Å². The highest BCUT2D eigenvalue weighted by molar-refractivity contribution is 7.99. The molecular weight excluding hydrogens is 410 g/mol. The monoisotopic (exact) mass is 437 g/mol. The van der Waals surface area contributed by atoms with Gasteiger partial charge < -0.3 is 14.5 Å². The second-order valence-electron chi connectivity index (χ2n) is 7.80. The Morgan fingerprint density at radius 1 is 1.13 bits per heavy atom. The third-order valence-corrected chi connectivity index (χ3v) is 6.50. The quantitative estimate of drug-likeness (QED) is 0.487. The summed E-state index contributed by atoms with van der Waals surface area (Å²) in [6, 6.07) is 18.0. The van der Waals surface area contributed by atoms with E-state index in [4.69, 9.17) is 9.15 Å². The van der Waals surface area contributed by atoms with E-state index in [-0.39, 0.29) is 17.7 Å². The lowest BCUT2D eigenvalue weighted by Crippen LogP contribution is -2.42. The van der Waals surface area contributed by atoms with Crippen molar-refractivity contribution in [2.45, 2.75) is 43.4 Å². The van der Waals surface area contributed by atoms with Gasteiger partial charge in [0.2, 0.25) is 11.8 Å². The van der Waals surface area contributed by atoms with Crippen molar-refractivity contribution in [2.75, 3.05) is 12.9 Å². The molecule has 7 heteroatoms. The molecule has 0 saturated heterocycles. The number of benzene rings is 2. The van der Waals surface area contributed by atoms with Crippen LogP contribution in [0, 0.1) is 5.92 Å². The maximum Gasteiger partial charge on any atom is 0.277 e. The van der Waals surface area contributed by atoms with Crippen LogP contribution < -0.4 is 10.1 Å². The summed E-state index contributed by atoms with van der Waals surface area (Å²) in [7, 11) is 1.62. The van der Waals surface area contributed by atoms with E-state index >= 15 is 0 Å². The number of methoxy groups -OCH3 is 1. The zero-order chi connectivity index (χ0) is 21.5. The Bertz CT molecular complexity index is 969. The Morgan fingerprint density at radius 3 is 2.58 bits per heavy atom. The Labute approximate surface area is 186 Å². The summed E-state index contributed by atoms with van der Waals surface area (Å²) in [6.07, 6.45) is 5.72. The molecule has 162 valence electrons. The Morgan fingerprint density at radius 2 is 1.87 bits per heavy atom. The molecule has 1 saturated carbocycles. The van der Waals surface area contributed by atoms with Crippen LogP contribution in [0.1, 0.15) is 31.2 Å². The van der Waals surface area contributed by atoms with E-state index < -0.39 is 0 Å². The normalized spacial score (nSPS) is 15.0. The maximum atomic E-state index is 12.7. The van der Waals surface area contributed by atoms with Crippen LogP contribution in [0.4, 0.5) is 0 Å². The molecular formula is C24H27N3O3S. The van der Waals surface area contributed by atoms with Gasteiger partial charge in [-0.1, -0.05) is 54.9 Å². The standard InChI is InChI=1S/C24H27N3O3S/c1-29-20-13-11-19(12-14-20)23-26-27-24(30-23)31-16-22(28)25-21(18-9-5-6-10-18)15-17-7-3-2-4-8-17/h2-4,7-8,11-14,18,21H,5-6,9-10,15-16H2,1H3,(H,25,28). The lowest BCUT2D eigenvalue weighted by Gasteiger charge is -2.25. The summed E-state index contributed by atoms with van der Waals surface area (Å²) >= 11 is 1.27. The lowest BCUT2D eigenvalue weighted by molar-refractivity contribution is -0.119. The van der Waals surface area contributed by atoms with Crippen LogP contribution in [0.25, 0.3) is 11.5 Å². The van der Waals surface area contributed by atoms with Gasteiger partial charge in [-0.2, -0.15) is 0 Å². The molecule has 4 rings (SSSR count). The van der Waals surface area contributed by atoms with Crippen LogP contribution in [0.15, 0.2) is 64.2 Å². The minimum atomic E-state index is 0.00188. The number of nitrogens with zero attached hydrogens (tertiary/aromatic N) is 2. The van der Waals surface area contributed by atoms with E-state index in [1.54, 1.807) is 7.11 Å². The fourth-order valence-electron chi connectivity index (χ4n) is 4.06. The first-order valence-electron chi connectivity index (χ1n) is 10.7. The van der Waals surface area contributed by atoms with Gasteiger partial charge in [0.05, 0.1) is 12.9 Å². The topological polar surface area (TPSA) is 77.2 Å². The zero-order valence-electron chi connectivity index (χ0n) is 17.6.